The molecule has 0 aliphatic carbocycles. The summed E-state index contributed by atoms with van der Waals surface area (Å²) in [5, 5.41) is 0. The average molecular weight is 271 g/mol. The fraction of sp³-hybridized carbons (Fsp3) is 0. The van der Waals surface area contributed by atoms with Crippen molar-refractivity contribution in [3.05, 3.63) is 0 Å². The van der Waals surface area contributed by atoms with Crippen LogP contribution in [0.25, 0.3) is 0 Å². The van der Waals surface area contributed by atoms with Gasteiger partial charge in [-0.05, 0) is 0 Å². The van der Waals surface area contributed by atoms with Gasteiger partial charge in [0.25, 0.3) is 0 Å². The summed E-state index contributed by atoms with van der Waals surface area (Å²) in [6.45, 7) is 0. The molecule has 0 aromatic carbocycles. The van der Waals surface area contributed by atoms with Gasteiger partial charge in [-0.1, -0.05) is 0 Å². The Morgan fingerprint density at radius 1 is 2.00 bits per heavy atom. The van der Waals surface area contributed by atoms with Gasteiger partial charge in [-0.25, -0.2) is 0 Å². The third-order valence-corrected chi connectivity index (χ3v) is 0. The van der Waals surface area contributed by atoms with Crippen molar-refractivity contribution >= 4 is 40.5 Å². The third-order valence-electron chi connectivity index (χ3n) is 0. The van der Waals surface area contributed by atoms with Crippen LogP contribution in [0.3, 0.4) is 0 Å². The summed E-state index contributed by atoms with van der Waals surface area (Å²) < 4.78 is -0.0278. The SMILES string of the molecule is O=[C](S)[PoH]. The predicted molar refractivity (Wildman–Crippen MR) is 21.5 cm³/mol. The quantitative estimate of drug-likeness (QED) is 0.611. The van der Waals surface area contributed by atoms with Gasteiger partial charge in [0.1, 0.15) is 0 Å². The van der Waals surface area contributed by atoms with Crippen LogP contribution < -0.4 is 0 Å². The second kappa shape index (κ2) is 2.17. The second-order valence-electron chi connectivity index (χ2n) is 0.283. The Balaban J connectivity index is 2.80. The molecule has 0 saturated heterocycles. The molecule has 3 heteroatoms. The maximum atomic E-state index is 9.36. The number of hydrogen-bond acceptors (Lipinski definition) is 1. The number of thiol groups is 1. The summed E-state index contributed by atoms with van der Waals surface area (Å²) in [6, 6.07) is 0. The van der Waals surface area contributed by atoms with Crippen molar-refractivity contribution in [2.24, 2.45) is 0 Å². The van der Waals surface area contributed by atoms with Gasteiger partial charge in [0.15, 0.2) is 0 Å². The molecule has 0 amide bonds. The zero-order chi connectivity index (χ0) is 3.58. The summed E-state index contributed by atoms with van der Waals surface area (Å²) in [5.41, 5.74) is 0. The predicted octanol–water partition coefficient (Wildman–Crippen LogP) is -0.0630. The van der Waals surface area contributed by atoms with Crippen LogP contribution in [0.5, 0.6) is 0 Å². The van der Waals surface area contributed by atoms with Crippen LogP contribution in [-0.4, -0.2) is 27.8 Å². The molecule has 0 aliphatic rings. The zero-order valence-corrected chi connectivity index (χ0v) is 6.17. The van der Waals surface area contributed by atoms with Crippen LogP contribution in [0, 0.1) is 0 Å². The van der Waals surface area contributed by atoms with Gasteiger partial charge >= 0.3 is 45.3 Å². The summed E-state index contributed by atoms with van der Waals surface area (Å²) in [7, 11) is 0. The first-order valence-electron chi connectivity index (χ1n) is 0.651. The Bertz CT molecular complexity index is 31.0. The third kappa shape index (κ3) is 12.8. The Kier molecular flexibility index (Phi) is 2.67. The maximum absolute atomic E-state index is 9.36. The van der Waals surface area contributed by atoms with Crippen molar-refractivity contribution in [1.29, 1.82) is 0 Å². The molecule has 0 atom stereocenters. The molecule has 0 aliphatic heterocycles. The summed E-state index contributed by atoms with van der Waals surface area (Å²) >= 11 is 4.11. The van der Waals surface area contributed by atoms with E-state index in [-0.39, 0.29) is 2.77 Å². The van der Waals surface area contributed by atoms with Crippen molar-refractivity contribution in [3.63, 3.8) is 0 Å². The summed E-state index contributed by atoms with van der Waals surface area (Å²) in [5.74, 6) is 0. The molecule has 0 heterocycles. The van der Waals surface area contributed by atoms with E-state index < -0.39 is 0 Å². The Labute approximate surface area is 45.3 Å². The van der Waals surface area contributed by atoms with E-state index in [1.807, 2.05) is 0 Å². The van der Waals surface area contributed by atoms with Crippen LogP contribution in [0.1, 0.15) is 0 Å². The van der Waals surface area contributed by atoms with Crippen LogP contribution in [0.4, 0.5) is 4.79 Å². The van der Waals surface area contributed by atoms with E-state index in [1.165, 1.54) is 0 Å². The van der Waals surface area contributed by atoms with Gasteiger partial charge in [-0.2, -0.15) is 0 Å². The molecule has 24 valence electrons. The molecule has 0 fully saturated rings. The number of carbonyl (C=O) groups excluding carboxylic acids is 1. The van der Waals surface area contributed by atoms with E-state index in [1.54, 1.807) is 0 Å². The van der Waals surface area contributed by atoms with E-state index in [9.17, 15) is 4.79 Å². The van der Waals surface area contributed by atoms with Crippen molar-refractivity contribution in [1.82, 2.24) is 0 Å². The molecule has 0 spiro atoms. The minimum atomic E-state index is -0.0278. The first-order valence-corrected chi connectivity index (χ1v) is 2.84. The molecule has 0 radical (unpaired) electrons. The zero-order valence-electron chi connectivity index (χ0n) is 1.80. The van der Waals surface area contributed by atoms with Gasteiger partial charge in [0.05, 0.1) is 0 Å². The number of carbonyl (C=O) groups is 1. The van der Waals surface area contributed by atoms with E-state index >= 15 is 0 Å². The standard InChI is InChI=1S/CHOS.Po.H/c2-1-3;;/h(H,2,3);;. The Morgan fingerprint density at radius 2 is 2.00 bits per heavy atom. The normalized spacial score (nSPS) is 6.50. The van der Waals surface area contributed by atoms with Gasteiger partial charge in [-0.3, -0.25) is 0 Å². The summed E-state index contributed by atoms with van der Waals surface area (Å²) in [6.07, 6.45) is 0. The molecule has 0 rings (SSSR count). The molecular formula is CH2OPoS. The first-order chi connectivity index (χ1) is 1.73. The van der Waals surface area contributed by atoms with Gasteiger partial charge < -0.3 is 0 Å². The first kappa shape index (κ1) is 4.92. The van der Waals surface area contributed by atoms with E-state index in [4.69, 9.17) is 0 Å². The molecule has 0 bridgehead atoms. The van der Waals surface area contributed by atoms with Crippen molar-refractivity contribution < 1.29 is 4.79 Å². The van der Waals surface area contributed by atoms with Crippen LogP contribution in [0.2, 0.25) is 0 Å². The summed E-state index contributed by atoms with van der Waals surface area (Å²) in [4.78, 5) is 9.36. The molecule has 0 aromatic rings. The Morgan fingerprint density at radius 3 is 2.00 bits per heavy atom. The molecule has 4 heavy (non-hydrogen) atoms. The van der Waals surface area contributed by atoms with E-state index in [2.05, 4.69) is 12.6 Å². The monoisotopic (exact) mass is 271 g/mol. The number of hydrogen-bond donors (Lipinski definition) is 1. The molecule has 1 nitrogen and oxygen atoms in total. The van der Waals surface area contributed by atoms with Crippen molar-refractivity contribution in [2.75, 3.05) is 0 Å². The molecule has 0 saturated carbocycles. The van der Waals surface area contributed by atoms with Crippen LogP contribution >= 0.6 is 12.6 Å². The molecule has 0 N–H and O–H groups in total. The van der Waals surface area contributed by atoms with Crippen molar-refractivity contribution in [2.45, 2.75) is 0 Å². The van der Waals surface area contributed by atoms with Crippen LogP contribution in [-0.2, 0) is 0 Å². The van der Waals surface area contributed by atoms with E-state index in [0.717, 1.165) is 25.1 Å². The van der Waals surface area contributed by atoms with Crippen molar-refractivity contribution in [3.8, 4) is 0 Å². The van der Waals surface area contributed by atoms with Crippen LogP contribution in [0.15, 0.2) is 0 Å². The van der Waals surface area contributed by atoms with Gasteiger partial charge in [0, 0.05) is 0 Å². The Hall–Kier alpha value is 0.916. The topological polar surface area (TPSA) is 17.1 Å². The van der Waals surface area contributed by atoms with Gasteiger partial charge in [-0.15, -0.1) is 0 Å². The second-order valence-corrected chi connectivity index (χ2v) is 3.71. The molecule has 0 unspecified atom stereocenters. The minimum absolute atomic E-state index is 0.0278. The van der Waals surface area contributed by atoms with E-state index in [0.29, 0.717) is 0 Å². The molecule has 0 aromatic heterocycles. The molecular weight excluding hydrogens is 269 g/mol. The number of rotatable bonds is 0. The van der Waals surface area contributed by atoms with Gasteiger partial charge in [0.2, 0.25) is 0 Å². The average Bonchev–Trinajstić information content (AvgIpc) is 0.811. The fourth-order valence-electron chi connectivity index (χ4n) is 0. The fourth-order valence-corrected chi connectivity index (χ4v) is 0.